The number of nitrogens with zero attached hydrogens (tertiary/aromatic N) is 1. The van der Waals surface area contributed by atoms with Gasteiger partial charge in [-0.15, -0.1) is 0 Å². The van der Waals surface area contributed by atoms with Crippen LogP contribution in [-0.2, 0) is 11.3 Å². The number of aliphatic hydroxyl groups is 1. The van der Waals surface area contributed by atoms with E-state index in [4.69, 9.17) is 14.3 Å². The van der Waals surface area contributed by atoms with Gasteiger partial charge in [0.2, 0.25) is 0 Å². The maximum Gasteiger partial charge on any atom is 0.341 e. The first-order chi connectivity index (χ1) is 8.76. The van der Waals surface area contributed by atoms with Gasteiger partial charge in [-0.1, -0.05) is 0 Å². The van der Waals surface area contributed by atoms with Crippen molar-refractivity contribution in [3.05, 3.63) is 23.7 Å². The number of aliphatic hydroxyl groups excluding tert-OH is 1. The third kappa shape index (κ3) is 3.11. The normalized spacial score (nSPS) is 15.1. The minimum absolute atomic E-state index is 0.117. The number of esters is 1. The van der Waals surface area contributed by atoms with Crippen molar-refractivity contribution in [3.63, 3.8) is 0 Å². The first-order valence-corrected chi connectivity index (χ1v) is 6.34. The fourth-order valence-corrected chi connectivity index (χ4v) is 2.00. The van der Waals surface area contributed by atoms with Crippen LogP contribution in [0.5, 0.6) is 0 Å². The number of furan rings is 1. The summed E-state index contributed by atoms with van der Waals surface area (Å²) in [6.45, 7) is 3.40. The smallest absolute Gasteiger partial charge is 0.341 e. The average Bonchev–Trinajstić information content (AvgIpc) is 3.09. The van der Waals surface area contributed by atoms with Gasteiger partial charge in [-0.3, -0.25) is 4.90 Å². The van der Waals surface area contributed by atoms with E-state index >= 15 is 0 Å². The summed E-state index contributed by atoms with van der Waals surface area (Å²) in [5.41, 5.74) is 0.487. The molecular formula is C13H19NO4. The van der Waals surface area contributed by atoms with Crippen molar-refractivity contribution in [1.82, 2.24) is 4.90 Å². The van der Waals surface area contributed by atoms with Gasteiger partial charge in [0.25, 0.3) is 0 Å². The predicted octanol–water partition coefficient (Wildman–Crippen LogP) is 1.41. The molecule has 1 saturated carbocycles. The van der Waals surface area contributed by atoms with Crippen molar-refractivity contribution in [2.45, 2.75) is 32.4 Å². The molecule has 18 heavy (non-hydrogen) atoms. The number of ether oxygens (including phenoxy) is 1. The first kappa shape index (κ1) is 13.1. The van der Waals surface area contributed by atoms with Gasteiger partial charge in [0.1, 0.15) is 11.3 Å². The topological polar surface area (TPSA) is 62.9 Å². The lowest BCUT2D eigenvalue weighted by Gasteiger charge is -2.19. The van der Waals surface area contributed by atoms with Crippen LogP contribution in [0.3, 0.4) is 0 Å². The Morgan fingerprint density at radius 3 is 3.00 bits per heavy atom. The van der Waals surface area contributed by atoms with E-state index in [0.717, 1.165) is 12.8 Å². The van der Waals surface area contributed by atoms with Gasteiger partial charge in [0.05, 0.1) is 26.0 Å². The molecule has 0 bridgehead atoms. The highest BCUT2D eigenvalue weighted by molar-refractivity contribution is 5.90. The van der Waals surface area contributed by atoms with Crippen LogP contribution in [-0.4, -0.2) is 41.8 Å². The predicted molar refractivity (Wildman–Crippen MR) is 65.2 cm³/mol. The van der Waals surface area contributed by atoms with Gasteiger partial charge in [0, 0.05) is 12.6 Å². The van der Waals surface area contributed by atoms with Crippen molar-refractivity contribution < 1.29 is 19.1 Å². The molecule has 1 aromatic rings. The van der Waals surface area contributed by atoms with E-state index in [2.05, 4.69) is 4.90 Å². The minimum atomic E-state index is -0.346. The lowest BCUT2D eigenvalue weighted by atomic mass is 10.2. The Morgan fingerprint density at radius 2 is 2.39 bits per heavy atom. The summed E-state index contributed by atoms with van der Waals surface area (Å²) >= 11 is 0. The highest BCUT2D eigenvalue weighted by Gasteiger charge is 2.30. The van der Waals surface area contributed by atoms with Crippen LogP contribution in [0.1, 0.15) is 35.9 Å². The molecule has 0 spiro atoms. The van der Waals surface area contributed by atoms with Crippen molar-refractivity contribution >= 4 is 5.97 Å². The van der Waals surface area contributed by atoms with Gasteiger partial charge in [-0.25, -0.2) is 4.79 Å². The number of carbonyl (C=O) groups is 1. The third-order valence-electron chi connectivity index (χ3n) is 3.04. The fraction of sp³-hybridized carbons (Fsp3) is 0.615. The summed E-state index contributed by atoms with van der Waals surface area (Å²) in [4.78, 5) is 13.8. The van der Waals surface area contributed by atoms with Gasteiger partial charge < -0.3 is 14.3 Å². The summed E-state index contributed by atoms with van der Waals surface area (Å²) in [6, 6.07) is 2.15. The third-order valence-corrected chi connectivity index (χ3v) is 3.04. The number of hydrogen-bond acceptors (Lipinski definition) is 5. The van der Waals surface area contributed by atoms with Crippen LogP contribution in [0.25, 0.3) is 0 Å². The standard InChI is InChI=1S/C13H19NO4/c1-2-17-13(16)11-5-8-18-12(11)9-14(6-7-15)10-3-4-10/h5,8,10,15H,2-4,6-7,9H2,1H3. The SMILES string of the molecule is CCOC(=O)c1ccoc1CN(CCO)C1CC1. The van der Waals surface area contributed by atoms with E-state index in [9.17, 15) is 4.79 Å². The van der Waals surface area contributed by atoms with E-state index in [1.54, 1.807) is 13.0 Å². The molecule has 0 unspecified atom stereocenters. The van der Waals surface area contributed by atoms with E-state index in [1.807, 2.05) is 0 Å². The van der Waals surface area contributed by atoms with E-state index in [1.165, 1.54) is 6.26 Å². The summed E-state index contributed by atoms with van der Waals surface area (Å²) in [7, 11) is 0. The Hall–Kier alpha value is -1.33. The number of rotatable bonds is 7. The van der Waals surface area contributed by atoms with Crippen molar-refractivity contribution in [2.24, 2.45) is 0 Å². The zero-order valence-electron chi connectivity index (χ0n) is 10.6. The lowest BCUT2D eigenvalue weighted by molar-refractivity contribution is 0.0521. The van der Waals surface area contributed by atoms with Crippen LogP contribution < -0.4 is 0 Å². The van der Waals surface area contributed by atoms with Crippen molar-refractivity contribution in [3.8, 4) is 0 Å². The second-order valence-electron chi connectivity index (χ2n) is 4.40. The average molecular weight is 253 g/mol. The highest BCUT2D eigenvalue weighted by atomic mass is 16.5. The molecule has 1 heterocycles. The first-order valence-electron chi connectivity index (χ1n) is 6.34. The fourth-order valence-electron chi connectivity index (χ4n) is 2.00. The molecule has 1 aliphatic carbocycles. The number of carbonyl (C=O) groups excluding carboxylic acids is 1. The van der Waals surface area contributed by atoms with Crippen LogP contribution in [0, 0.1) is 0 Å². The maximum atomic E-state index is 11.7. The van der Waals surface area contributed by atoms with E-state index in [-0.39, 0.29) is 12.6 Å². The molecule has 5 nitrogen and oxygen atoms in total. The summed E-state index contributed by atoms with van der Waals surface area (Å²) in [5.74, 6) is 0.273. The molecule has 5 heteroatoms. The Labute approximate surface area is 106 Å². The maximum absolute atomic E-state index is 11.7. The van der Waals surface area contributed by atoms with Gasteiger partial charge in [0.15, 0.2) is 0 Å². The summed E-state index contributed by atoms with van der Waals surface area (Å²) in [6.07, 6.45) is 3.80. The van der Waals surface area contributed by atoms with E-state index < -0.39 is 0 Å². The van der Waals surface area contributed by atoms with Crippen LogP contribution >= 0.6 is 0 Å². The van der Waals surface area contributed by atoms with Crippen molar-refractivity contribution in [2.75, 3.05) is 19.8 Å². The van der Waals surface area contributed by atoms with Gasteiger partial charge in [-0.05, 0) is 25.8 Å². The molecule has 1 aromatic heterocycles. The Kier molecular flexibility index (Phi) is 4.38. The Morgan fingerprint density at radius 1 is 1.61 bits per heavy atom. The monoisotopic (exact) mass is 253 g/mol. The molecular weight excluding hydrogens is 234 g/mol. The van der Waals surface area contributed by atoms with Crippen LogP contribution in [0.4, 0.5) is 0 Å². The summed E-state index contributed by atoms with van der Waals surface area (Å²) in [5, 5.41) is 9.04. The van der Waals surface area contributed by atoms with Crippen molar-refractivity contribution in [1.29, 1.82) is 0 Å². The van der Waals surface area contributed by atoms with Gasteiger partial charge in [-0.2, -0.15) is 0 Å². The number of hydrogen-bond donors (Lipinski definition) is 1. The van der Waals surface area contributed by atoms with Crippen LogP contribution in [0.2, 0.25) is 0 Å². The molecule has 0 saturated heterocycles. The molecule has 1 aliphatic rings. The zero-order chi connectivity index (χ0) is 13.0. The quantitative estimate of drug-likeness (QED) is 0.744. The molecule has 1 fully saturated rings. The molecule has 0 radical (unpaired) electrons. The molecule has 0 atom stereocenters. The summed E-state index contributed by atoms with van der Waals surface area (Å²) < 4.78 is 10.3. The van der Waals surface area contributed by atoms with Crippen LogP contribution in [0.15, 0.2) is 16.7 Å². The minimum Gasteiger partial charge on any atom is -0.467 e. The second kappa shape index (κ2) is 6.02. The molecule has 0 amide bonds. The second-order valence-corrected chi connectivity index (χ2v) is 4.40. The largest absolute Gasteiger partial charge is 0.467 e. The highest BCUT2D eigenvalue weighted by Crippen LogP contribution is 2.28. The molecule has 0 aliphatic heterocycles. The van der Waals surface area contributed by atoms with E-state index in [0.29, 0.717) is 37.1 Å². The molecule has 100 valence electrons. The van der Waals surface area contributed by atoms with Gasteiger partial charge >= 0.3 is 5.97 Å². The lowest BCUT2D eigenvalue weighted by Crippen LogP contribution is -2.29. The molecule has 1 N–H and O–H groups in total. The Bertz CT molecular complexity index is 397. The molecule has 2 rings (SSSR count). The Balaban J connectivity index is 2.03. The zero-order valence-corrected chi connectivity index (χ0v) is 10.6. The molecule has 0 aromatic carbocycles.